The SMILES string of the molecule is C=CCn1ncc(N2CCC(N)C2)c(Br)c1=O. The van der Waals surface area contributed by atoms with Gasteiger partial charge in [-0.3, -0.25) is 4.79 Å². The van der Waals surface area contributed by atoms with Gasteiger partial charge in [0.05, 0.1) is 18.4 Å². The fourth-order valence-corrected chi connectivity index (χ4v) is 2.49. The third-order valence-electron chi connectivity index (χ3n) is 2.83. The zero-order chi connectivity index (χ0) is 12.4. The maximum atomic E-state index is 12.0. The van der Waals surface area contributed by atoms with Crippen molar-refractivity contribution in [2.24, 2.45) is 5.73 Å². The van der Waals surface area contributed by atoms with E-state index in [0.29, 0.717) is 11.0 Å². The standard InChI is InChI=1S/C11H15BrN4O/c1-2-4-16-11(17)10(12)9(6-14-16)15-5-3-8(13)7-15/h2,6,8H,1,3-5,7,13H2. The van der Waals surface area contributed by atoms with E-state index in [4.69, 9.17) is 5.73 Å². The molecule has 2 rings (SSSR count). The molecule has 1 aliphatic rings. The minimum Gasteiger partial charge on any atom is -0.368 e. The van der Waals surface area contributed by atoms with Crippen molar-refractivity contribution >= 4 is 21.6 Å². The smallest absolute Gasteiger partial charge is 0.283 e. The fourth-order valence-electron chi connectivity index (χ4n) is 1.94. The highest BCUT2D eigenvalue weighted by Crippen LogP contribution is 2.24. The van der Waals surface area contributed by atoms with Crippen LogP contribution in [-0.4, -0.2) is 28.9 Å². The van der Waals surface area contributed by atoms with Crippen LogP contribution < -0.4 is 16.2 Å². The van der Waals surface area contributed by atoms with Crippen LogP contribution in [-0.2, 0) is 6.54 Å². The lowest BCUT2D eigenvalue weighted by molar-refractivity contribution is 0.646. The molecule has 92 valence electrons. The molecule has 1 aromatic rings. The van der Waals surface area contributed by atoms with E-state index in [2.05, 4.69) is 32.5 Å². The van der Waals surface area contributed by atoms with Gasteiger partial charge in [0.2, 0.25) is 0 Å². The minimum absolute atomic E-state index is 0.136. The molecule has 0 amide bonds. The van der Waals surface area contributed by atoms with Gasteiger partial charge >= 0.3 is 0 Å². The van der Waals surface area contributed by atoms with Crippen LogP contribution in [0.4, 0.5) is 5.69 Å². The predicted molar refractivity (Wildman–Crippen MR) is 71.2 cm³/mol. The van der Waals surface area contributed by atoms with Gasteiger partial charge in [0.15, 0.2) is 0 Å². The number of allylic oxidation sites excluding steroid dienone is 1. The van der Waals surface area contributed by atoms with Crippen LogP contribution in [0.2, 0.25) is 0 Å². The summed E-state index contributed by atoms with van der Waals surface area (Å²) in [6.07, 6.45) is 4.29. The first kappa shape index (κ1) is 12.3. The predicted octanol–water partition coefficient (Wildman–Crippen LogP) is 0.729. The van der Waals surface area contributed by atoms with Crippen LogP contribution in [0.5, 0.6) is 0 Å². The van der Waals surface area contributed by atoms with Crippen molar-refractivity contribution in [3.05, 3.63) is 33.7 Å². The van der Waals surface area contributed by atoms with Crippen molar-refractivity contribution in [1.29, 1.82) is 0 Å². The molecule has 1 atom stereocenters. The summed E-state index contributed by atoms with van der Waals surface area (Å²) >= 11 is 3.34. The van der Waals surface area contributed by atoms with Crippen molar-refractivity contribution in [2.45, 2.75) is 19.0 Å². The number of rotatable bonds is 3. The first-order valence-electron chi connectivity index (χ1n) is 5.50. The molecule has 2 N–H and O–H groups in total. The third kappa shape index (κ3) is 2.42. The molecule has 6 heteroatoms. The van der Waals surface area contributed by atoms with Gasteiger partial charge in [0.1, 0.15) is 4.47 Å². The Kier molecular flexibility index (Phi) is 3.63. The molecule has 2 heterocycles. The van der Waals surface area contributed by atoms with E-state index in [9.17, 15) is 4.79 Å². The van der Waals surface area contributed by atoms with Crippen molar-refractivity contribution in [3.8, 4) is 0 Å². The van der Waals surface area contributed by atoms with Crippen molar-refractivity contribution < 1.29 is 0 Å². The Morgan fingerprint density at radius 3 is 3.06 bits per heavy atom. The van der Waals surface area contributed by atoms with Gasteiger partial charge in [-0.2, -0.15) is 5.10 Å². The highest BCUT2D eigenvalue weighted by atomic mass is 79.9. The summed E-state index contributed by atoms with van der Waals surface area (Å²) < 4.78 is 1.92. The van der Waals surface area contributed by atoms with Gasteiger partial charge in [-0.15, -0.1) is 6.58 Å². The van der Waals surface area contributed by atoms with E-state index in [1.165, 1.54) is 4.68 Å². The van der Waals surface area contributed by atoms with E-state index in [-0.39, 0.29) is 11.6 Å². The number of nitrogens with two attached hydrogens (primary N) is 1. The second kappa shape index (κ2) is 5.01. The van der Waals surface area contributed by atoms with Crippen molar-refractivity contribution in [3.63, 3.8) is 0 Å². The maximum absolute atomic E-state index is 12.0. The van der Waals surface area contributed by atoms with Gasteiger partial charge in [0, 0.05) is 19.1 Å². The average molecular weight is 299 g/mol. The monoisotopic (exact) mass is 298 g/mol. The maximum Gasteiger partial charge on any atom is 0.283 e. The average Bonchev–Trinajstić information content (AvgIpc) is 2.72. The van der Waals surface area contributed by atoms with Crippen molar-refractivity contribution in [2.75, 3.05) is 18.0 Å². The number of hydrogen-bond donors (Lipinski definition) is 1. The highest BCUT2D eigenvalue weighted by molar-refractivity contribution is 9.10. The van der Waals surface area contributed by atoms with Gasteiger partial charge in [-0.25, -0.2) is 4.68 Å². The summed E-state index contributed by atoms with van der Waals surface area (Å²) in [7, 11) is 0. The fraction of sp³-hybridized carbons (Fsp3) is 0.455. The van der Waals surface area contributed by atoms with E-state index in [0.717, 1.165) is 25.2 Å². The minimum atomic E-state index is -0.136. The zero-order valence-electron chi connectivity index (χ0n) is 9.47. The second-order valence-corrected chi connectivity index (χ2v) is 4.91. The number of nitrogens with zero attached hydrogens (tertiary/aromatic N) is 3. The largest absolute Gasteiger partial charge is 0.368 e. The molecule has 5 nitrogen and oxygen atoms in total. The normalized spacial score (nSPS) is 19.6. The lowest BCUT2D eigenvalue weighted by Crippen LogP contribution is -2.30. The van der Waals surface area contributed by atoms with Gasteiger partial charge in [0.25, 0.3) is 5.56 Å². The van der Waals surface area contributed by atoms with Crippen LogP contribution in [0.25, 0.3) is 0 Å². The van der Waals surface area contributed by atoms with Crippen LogP contribution >= 0.6 is 15.9 Å². The van der Waals surface area contributed by atoms with Gasteiger partial charge < -0.3 is 10.6 Å². The molecule has 0 bridgehead atoms. The first-order valence-corrected chi connectivity index (χ1v) is 6.30. The Bertz CT molecular complexity index is 485. The van der Waals surface area contributed by atoms with E-state index in [1.54, 1.807) is 12.3 Å². The van der Waals surface area contributed by atoms with Crippen LogP contribution in [0, 0.1) is 0 Å². The quantitative estimate of drug-likeness (QED) is 0.836. The highest BCUT2D eigenvalue weighted by Gasteiger charge is 2.22. The Hall–Kier alpha value is -1.14. The molecule has 0 saturated carbocycles. The summed E-state index contributed by atoms with van der Waals surface area (Å²) in [5.74, 6) is 0. The van der Waals surface area contributed by atoms with Crippen LogP contribution in [0.3, 0.4) is 0 Å². The van der Waals surface area contributed by atoms with E-state index >= 15 is 0 Å². The molecule has 0 spiro atoms. The molecule has 1 aromatic heterocycles. The Morgan fingerprint density at radius 2 is 2.47 bits per heavy atom. The molecule has 0 aromatic carbocycles. The number of halogens is 1. The third-order valence-corrected chi connectivity index (χ3v) is 3.58. The summed E-state index contributed by atoms with van der Waals surface area (Å²) in [6.45, 7) is 5.64. The van der Waals surface area contributed by atoms with Gasteiger partial charge in [-0.05, 0) is 22.4 Å². The topological polar surface area (TPSA) is 64.2 Å². The van der Waals surface area contributed by atoms with Crippen LogP contribution in [0.15, 0.2) is 28.1 Å². The molecule has 1 fully saturated rings. The lowest BCUT2D eigenvalue weighted by atomic mass is 10.3. The summed E-state index contributed by atoms with van der Waals surface area (Å²) in [5, 5.41) is 4.12. The number of anilines is 1. The molecule has 17 heavy (non-hydrogen) atoms. The molecular formula is C11H15BrN4O. The molecule has 1 saturated heterocycles. The van der Waals surface area contributed by atoms with E-state index < -0.39 is 0 Å². The number of aromatic nitrogens is 2. The first-order chi connectivity index (χ1) is 8.13. The Labute approximate surface area is 108 Å². The molecule has 1 unspecified atom stereocenters. The van der Waals surface area contributed by atoms with Crippen LogP contribution in [0.1, 0.15) is 6.42 Å². The number of hydrogen-bond acceptors (Lipinski definition) is 4. The second-order valence-electron chi connectivity index (χ2n) is 4.11. The summed E-state index contributed by atoms with van der Waals surface area (Å²) in [4.78, 5) is 14.1. The van der Waals surface area contributed by atoms with Crippen molar-refractivity contribution in [1.82, 2.24) is 9.78 Å². The van der Waals surface area contributed by atoms with Gasteiger partial charge in [-0.1, -0.05) is 6.08 Å². The van der Waals surface area contributed by atoms with E-state index in [1.807, 2.05) is 0 Å². The molecule has 0 radical (unpaired) electrons. The summed E-state index contributed by atoms with van der Waals surface area (Å²) in [5.41, 5.74) is 6.54. The molecule has 0 aliphatic carbocycles. The zero-order valence-corrected chi connectivity index (χ0v) is 11.1. The Morgan fingerprint density at radius 1 is 1.71 bits per heavy atom. The lowest BCUT2D eigenvalue weighted by Gasteiger charge is -2.19. The molecule has 1 aliphatic heterocycles. The molecular weight excluding hydrogens is 284 g/mol. The Balaban J connectivity index is 2.34. The summed E-state index contributed by atoms with van der Waals surface area (Å²) in [6, 6.07) is 0.178.